The number of nitrogens with one attached hydrogen (secondary N) is 3. The van der Waals surface area contributed by atoms with E-state index in [-0.39, 0.29) is 12.0 Å². The van der Waals surface area contributed by atoms with Crippen LogP contribution >= 0.6 is 0 Å². The lowest BCUT2D eigenvalue weighted by Gasteiger charge is -2.39. The second-order valence-electron chi connectivity index (χ2n) is 6.75. The van der Waals surface area contributed by atoms with Crippen LogP contribution in [-0.2, 0) is 10.2 Å². The van der Waals surface area contributed by atoms with Gasteiger partial charge in [-0.2, -0.15) is 13.1 Å². The zero-order chi connectivity index (χ0) is 18.3. The number of hydrogen-bond donors (Lipinski definition) is 4. The largest absolute Gasteiger partial charge is 0.552 e. The standard InChI is InChI=1S/C16H21BN4O4S/c1-2-4-20-26(23,24)21-11-6-10(7-11)13-8-17(22)25-14-9-19-16-12(15(13)14)3-5-18-16/h3,5,8-11,20-22H,2,4,6-7H2,1H3,(H,18,19)/t10-,11+. The number of nitrogens with zero attached hydrogens (tertiary/aromatic N) is 1. The Bertz CT molecular complexity index is 952. The summed E-state index contributed by atoms with van der Waals surface area (Å²) in [6.07, 6.45) is 5.53. The Labute approximate surface area is 152 Å². The molecule has 0 spiro atoms. The van der Waals surface area contributed by atoms with Crippen molar-refractivity contribution >= 4 is 33.9 Å². The number of fused-ring (bicyclic) bond motifs is 3. The third-order valence-corrected chi connectivity index (χ3v) is 6.08. The molecule has 4 rings (SSSR count). The van der Waals surface area contributed by atoms with Gasteiger partial charge in [-0.3, -0.25) is 0 Å². The highest BCUT2D eigenvalue weighted by Crippen LogP contribution is 2.45. The first kappa shape index (κ1) is 17.5. The van der Waals surface area contributed by atoms with Gasteiger partial charge in [0.05, 0.1) is 6.20 Å². The normalized spacial score (nSPS) is 22.5. The van der Waals surface area contributed by atoms with Crippen LogP contribution in [0, 0.1) is 5.92 Å². The molecule has 0 unspecified atom stereocenters. The van der Waals surface area contributed by atoms with Crippen molar-refractivity contribution in [2.75, 3.05) is 6.54 Å². The number of hydrogen-bond acceptors (Lipinski definition) is 5. The Hall–Kier alpha value is -1.88. The summed E-state index contributed by atoms with van der Waals surface area (Å²) in [4.78, 5) is 7.38. The van der Waals surface area contributed by atoms with Crippen LogP contribution in [0.2, 0.25) is 0 Å². The highest BCUT2D eigenvalue weighted by molar-refractivity contribution is 7.87. The Morgan fingerprint density at radius 2 is 2.27 bits per heavy atom. The summed E-state index contributed by atoms with van der Waals surface area (Å²) in [5.41, 5.74) is 2.68. The number of pyridine rings is 1. The molecule has 1 aliphatic heterocycles. The molecule has 2 aromatic heterocycles. The minimum Gasteiger partial charge on any atom is -0.531 e. The van der Waals surface area contributed by atoms with Crippen LogP contribution in [0.1, 0.15) is 31.7 Å². The van der Waals surface area contributed by atoms with E-state index in [0.717, 1.165) is 28.6 Å². The third-order valence-electron chi connectivity index (χ3n) is 4.85. The van der Waals surface area contributed by atoms with Gasteiger partial charge in [-0.05, 0) is 42.8 Å². The Morgan fingerprint density at radius 1 is 1.46 bits per heavy atom. The van der Waals surface area contributed by atoms with Crippen molar-refractivity contribution in [2.24, 2.45) is 5.92 Å². The van der Waals surface area contributed by atoms with Gasteiger partial charge >= 0.3 is 7.12 Å². The molecule has 1 fully saturated rings. The highest BCUT2D eigenvalue weighted by atomic mass is 32.2. The number of aromatic nitrogens is 2. The molecule has 1 aliphatic carbocycles. The molecule has 0 radical (unpaired) electrons. The second kappa shape index (κ2) is 6.69. The van der Waals surface area contributed by atoms with Crippen LogP contribution < -0.4 is 14.1 Å². The summed E-state index contributed by atoms with van der Waals surface area (Å²) in [5.74, 6) is 2.42. The van der Waals surface area contributed by atoms with Crippen LogP contribution in [0.15, 0.2) is 24.4 Å². The molecular weight excluding hydrogens is 355 g/mol. The van der Waals surface area contributed by atoms with Gasteiger partial charge in [0.25, 0.3) is 10.2 Å². The molecular formula is C16H21BN4O4S. The van der Waals surface area contributed by atoms with Crippen molar-refractivity contribution in [3.63, 3.8) is 0 Å². The second-order valence-corrected chi connectivity index (χ2v) is 8.28. The molecule has 0 atom stereocenters. The average Bonchev–Trinajstić information content (AvgIpc) is 3.03. The van der Waals surface area contributed by atoms with Crippen LogP contribution in [0.5, 0.6) is 5.75 Å². The summed E-state index contributed by atoms with van der Waals surface area (Å²) in [6, 6.07) is 1.83. The maximum atomic E-state index is 12.0. The highest BCUT2D eigenvalue weighted by Gasteiger charge is 2.38. The molecule has 8 nitrogen and oxygen atoms in total. The summed E-state index contributed by atoms with van der Waals surface area (Å²) in [6.45, 7) is 2.34. The predicted octanol–water partition coefficient (Wildman–Crippen LogP) is 0.971. The van der Waals surface area contributed by atoms with Gasteiger partial charge in [-0.25, -0.2) is 9.71 Å². The van der Waals surface area contributed by atoms with Gasteiger partial charge < -0.3 is 14.7 Å². The number of allylic oxidation sites excluding steroid dienone is 1. The fourth-order valence-corrected chi connectivity index (χ4v) is 4.77. The molecule has 10 heteroatoms. The van der Waals surface area contributed by atoms with E-state index in [0.29, 0.717) is 25.1 Å². The maximum Gasteiger partial charge on any atom is 0.552 e. The van der Waals surface area contributed by atoms with Crippen molar-refractivity contribution in [2.45, 2.75) is 32.2 Å². The summed E-state index contributed by atoms with van der Waals surface area (Å²) in [7, 11) is -4.48. The smallest absolute Gasteiger partial charge is 0.531 e. The van der Waals surface area contributed by atoms with Gasteiger partial charge in [0, 0.05) is 29.7 Å². The third kappa shape index (κ3) is 3.25. The topological polar surface area (TPSA) is 116 Å². The van der Waals surface area contributed by atoms with Gasteiger partial charge in [-0.15, -0.1) is 0 Å². The molecule has 0 amide bonds. The molecule has 4 N–H and O–H groups in total. The molecule has 3 heterocycles. The Morgan fingerprint density at radius 3 is 3.04 bits per heavy atom. The molecule has 138 valence electrons. The van der Waals surface area contributed by atoms with Gasteiger partial charge in [0.2, 0.25) is 0 Å². The van der Waals surface area contributed by atoms with Crippen LogP contribution in [0.4, 0.5) is 0 Å². The van der Waals surface area contributed by atoms with E-state index in [9.17, 15) is 13.4 Å². The molecule has 1 saturated carbocycles. The van der Waals surface area contributed by atoms with Crippen molar-refractivity contribution < 1.29 is 18.1 Å². The zero-order valence-electron chi connectivity index (χ0n) is 14.4. The van der Waals surface area contributed by atoms with Crippen LogP contribution in [0.3, 0.4) is 0 Å². The summed E-state index contributed by atoms with van der Waals surface area (Å²) >= 11 is 0. The van der Waals surface area contributed by atoms with E-state index >= 15 is 0 Å². The minimum absolute atomic E-state index is 0.109. The van der Waals surface area contributed by atoms with Crippen molar-refractivity contribution in [3.05, 3.63) is 30.0 Å². The average molecular weight is 376 g/mol. The number of H-pyrrole nitrogens is 1. The fourth-order valence-electron chi connectivity index (χ4n) is 3.58. The van der Waals surface area contributed by atoms with Crippen LogP contribution in [0.25, 0.3) is 16.6 Å². The number of rotatable bonds is 6. The Kier molecular flexibility index (Phi) is 4.51. The lowest BCUT2D eigenvalue weighted by molar-refractivity contribution is 0.307. The van der Waals surface area contributed by atoms with Crippen LogP contribution in [-0.4, -0.2) is 43.1 Å². The number of aromatic amines is 1. The summed E-state index contributed by atoms with van der Waals surface area (Å²) < 4.78 is 34.6. The monoisotopic (exact) mass is 376 g/mol. The van der Waals surface area contributed by atoms with Crippen molar-refractivity contribution in [3.8, 4) is 5.75 Å². The van der Waals surface area contributed by atoms with E-state index < -0.39 is 17.3 Å². The Balaban J connectivity index is 1.52. The van der Waals surface area contributed by atoms with E-state index in [2.05, 4.69) is 19.4 Å². The van der Waals surface area contributed by atoms with Crippen molar-refractivity contribution in [1.82, 2.24) is 19.4 Å². The van der Waals surface area contributed by atoms with Crippen molar-refractivity contribution in [1.29, 1.82) is 0 Å². The minimum atomic E-state index is -3.46. The first-order chi connectivity index (χ1) is 12.5. The molecule has 0 bridgehead atoms. The molecule has 0 aromatic carbocycles. The lowest BCUT2D eigenvalue weighted by atomic mass is 9.68. The quantitative estimate of drug-likeness (QED) is 0.561. The van der Waals surface area contributed by atoms with Gasteiger partial charge in [0.15, 0.2) is 0 Å². The first-order valence-corrected chi connectivity index (χ1v) is 10.2. The van der Waals surface area contributed by atoms with E-state index in [4.69, 9.17) is 4.65 Å². The molecule has 2 aromatic rings. The van der Waals surface area contributed by atoms with E-state index in [1.807, 2.05) is 19.2 Å². The lowest BCUT2D eigenvalue weighted by Crippen LogP contribution is -2.49. The van der Waals surface area contributed by atoms with Gasteiger partial charge in [-0.1, -0.05) is 6.92 Å². The SMILES string of the molecule is CCCNS(=O)(=O)N[C@H]1C[C@@H](C2=CB(O)Oc3cnc4[nH]ccc4c32)C1. The summed E-state index contributed by atoms with van der Waals surface area (Å²) in [5, 5.41) is 11.0. The van der Waals surface area contributed by atoms with E-state index in [1.54, 1.807) is 12.2 Å². The molecule has 0 saturated heterocycles. The predicted molar refractivity (Wildman–Crippen MR) is 99.5 cm³/mol. The molecule has 26 heavy (non-hydrogen) atoms. The first-order valence-electron chi connectivity index (χ1n) is 8.76. The zero-order valence-corrected chi connectivity index (χ0v) is 15.2. The fraction of sp³-hybridized carbons (Fsp3) is 0.438. The molecule has 2 aliphatic rings. The van der Waals surface area contributed by atoms with Gasteiger partial charge in [0.1, 0.15) is 11.4 Å². The van der Waals surface area contributed by atoms with E-state index in [1.165, 1.54) is 0 Å². The maximum absolute atomic E-state index is 12.0.